The van der Waals surface area contributed by atoms with Crippen molar-refractivity contribution in [2.24, 2.45) is 0 Å². The molecule has 0 saturated heterocycles. The monoisotopic (exact) mass is 262 g/mol. The summed E-state index contributed by atoms with van der Waals surface area (Å²) in [4.78, 5) is 0. The van der Waals surface area contributed by atoms with E-state index in [1.807, 2.05) is 0 Å². The lowest BCUT2D eigenvalue weighted by molar-refractivity contribution is 0.742. The fourth-order valence-corrected chi connectivity index (χ4v) is 2.97. The summed E-state index contributed by atoms with van der Waals surface area (Å²) < 4.78 is 0. The molecule has 0 saturated carbocycles. The van der Waals surface area contributed by atoms with Crippen LogP contribution >= 0.6 is 0 Å². The van der Waals surface area contributed by atoms with Gasteiger partial charge < -0.3 is 0 Å². The summed E-state index contributed by atoms with van der Waals surface area (Å²) in [5.74, 6) is 0. The third-order valence-corrected chi connectivity index (χ3v) is 4.27. The fraction of sp³-hybridized carbons (Fsp3) is 0.300. The van der Waals surface area contributed by atoms with Crippen LogP contribution in [0.5, 0.6) is 0 Å². The largest absolute Gasteiger partial charge is 0.0807 e. The van der Waals surface area contributed by atoms with Crippen LogP contribution in [0.3, 0.4) is 0 Å². The van der Waals surface area contributed by atoms with Gasteiger partial charge in [0.25, 0.3) is 0 Å². The molecule has 0 unspecified atom stereocenters. The van der Waals surface area contributed by atoms with E-state index in [1.165, 1.54) is 47.9 Å². The van der Waals surface area contributed by atoms with Crippen molar-refractivity contribution in [3.05, 3.63) is 76.9 Å². The predicted octanol–water partition coefficient (Wildman–Crippen LogP) is 5.54. The minimum absolute atomic E-state index is 1.03. The van der Waals surface area contributed by atoms with Crippen molar-refractivity contribution < 1.29 is 0 Å². The van der Waals surface area contributed by atoms with Crippen molar-refractivity contribution in [2.75, 3.05) is 0 Å². The second kappa shape index (κ2) is 6.09. The topological polar surface area (TPSA) is 0 Å². The second-order valence-corrected chi connectivity index (χ2v) is 5.78. The van der Waals surface area contributed by atoms with Gasteiger partial charge in [0, 0.05) is 0 Å². The van der Waals surface area contributed by atoms with Gasteiger partial charge in [0.1, 0.15) is 0 Å². The molecule has 1 aliphatic rings. The van der Waals surface area contributed by atoms with Gasteiger partial charge in [-0.3, -0.25) is 0 Å². The molecule has 0 N–H and O–H groups in total. The smallest absolute Gasteiger partial charge is 0.00231 e. The quantitative estimate of drug-likeness (QED) is 0.681. The van der Waals surface area contributed by atoms with Crippen molar-refractivity contribution in [1.82, 2.24) is 0 Å². The highest BCUT2D eigenvalue weighted by molar-refractivity contribution is 5.66. The molecule has 0 nitrogen and oxygen atoms in total. The molecular weight excluding hydrogens is 240 g/mol. The van der Waals surface area contributed by atoms with E-state index in [1.54, 1.807) is 5.57 Å². The fourth-order valence-electron chi connectivity index (χ4n) is 2.97. The molecule has 0 aromatic heterocycles. The lowest BCUT2D eigenvalue weighted by atomic mass is 9.92. The molecule has 0 radical (unpaired) electrons. The molecule has 20 heavy (non-hydrogen) atoms. The van der Waals surface area contributed by atoms with Gasteiger partial charge in [-0.15, -0.1) is 0 Å². The van der Waals surface area contributed by atoms with Crippen LogP contribution in [0.2, 0.25) is 0 Å². The first-order valence-electron chi connectivity index (χ1n) is 7.66. The highest BCUT2D eigenvalue weighted by atomic mass is 14.1. The van der Waals surface area contributed by atoms with Gasteiger partial charge in [-0.05, 0) is 66.9 Å². The van der Waals surface area contributed by atoms with Gasteiger partial charge in [-0.2, -0.15) is 0 Å². The molecular formula is C20H22. The summed E-state index contributed by atoms with van der Waals surface area (Å²) in [6, 6.07) is 17.8. The van der Waals surface area contributed by atoms with Crippen LogP contribution in [0.4, 0.5) is 0 Å². The van der Waals surface area contributed by atoms with Crippen LogP contribution in [0.1, 0.15) is 47.9 Å². The Hall–Kier alpha value is -1.82. The molecule has 102 valence electrons. The number of rotatable bonds is 3. The van der Waals surface area contributed by atoms with E-state index in [0.717, 1.165) is 6.42 Å². The van der Waals surface area contributed by atoms with Crippen LogP contribution in [0.15, 0.2) is 54.6 Å². The van der Waals surface area contributed by atoms with Crippen LogP contribution in [-0.4, -0.2) is 0 Å². The summed E-state index contributed by atoms with van der Waals surface area (Å²) in [7, 11) is 0. The summed E-state index contributed by atoms with van der Waals surface area (Å²) in [6.07, 6.45) is 8.65. The predicted molar refractivity (Wildman–Crippen MR) is 86.9 cm³/mol. The second-order valence-electron chi connectivity index (χ2n) is 5.78. The number of hydrogen-bond acceptors (Lipinski definition) is 0. The van der Waals surface area contributed by atoms with Crippen LogP contribution in [-0.2, 0) is 6.42 Å². The zero-order valence-electron chi connectivity index (χ0n) is 12.2. The SMILES string of the molecule is Cc1ccccc1Cc1ccc(C2=CCCCC2)cc1. The Bertz CT molecular complexity index is 602. The van der Waals surface area contributed by atoms with Crippen molar-refractivity contribution in [3.8, 4) is 0 Å². The maximum atomic E-state index is 2.42. The zero-order chi connectivity index (χ0) is 13.8. The molecule has 0 atom stereocenters. The molecule has 0 fully saturated rings. The van der Waals surface area contributed by atoms with Crippen molar-refractivity contribution in [2.45, 2.75) is 39.0 Å². The third kappa shape index (κ3) is 3.01. The standard InChI is InChI=1S/C20H22/c1-16-7-5-6-10-20(16)15-17-11-13-19(14-12-17)18-8-3-2-4-9-18/h5-8,10-14H,2-4,9,15H2,1H3. The third-order valence-electron chi connectivity index (χ3n) is 4.27. The van der Waals surface area contributed by atoms with Crippen LogP contribution in [0, 0.1) is 6.92 Å². The molecule has 0 amide bonds. The highest BCUT2D eigenvalue weighted by Gasteiger charge is 2.06. The molecule has 0 bridgehead atoms. The van der Waals surface area contributed by atoms with Crippen molar-refractivity contribution in [3.63, 3.8) is 0 Å². The summed E-state index contributed by atoms with van der Waals surface area (Å²) in [5, 5.41) is 0. The number of aryl methyl sites for hydroxylation is 1. The first kappa shape index (κ1) is 13.2. The molecule has 0 heteroatoms. The van der Waals surface area contributed by atoms with Gasteiger partial charge in [-0.1, -0.05) is 54.6 Å². The molecule has 2 aromatic rings. The van der Waals surface area contributed by atoms with E-state index in [9.17, 15) is 0 Å². The highest BCUT2D eigenvalue weighted by Crippen LogP contribution is 2.27. The Morgan fingerprint density at radius 1 is 0.900 bits per heavy atom. The molecule has 1 aliphatic carbocycles. The van der Waals surface area contributed by atoms with E-state index < -0.39 is 0 Å². The molecule has 0 spiro atoms. The average Bonchev–Trinajstić information content (AvgIpc) is 2.51. The van der Waals surface area contributed by atoms with E-state index in [-0.39, 0.29) is 0 Å². The van der Waals surface area contributed by atoms with Gasteiger partial charge >= 0.3 is 0 Å². The van der Waals surface area contributed by atoms with E-state index in [2.05, 4.69) is 61.5 Å². The molecule has 2 aromatic carbocycles. The number of hydrogen-bond donors (Lipinski definition) is 0. The lowest BCUT2D eigenvalue weighted by Crippen LogP contribution is -1.94. The Kier molecular flexibility index (Phi) is 4.01. The normalized spacial score (nSPS) is 14.9. The number of allylic oxidation sites excluding steroid dienone is 2. The first-order chi connectivity index (χ1) is 9.83. The molecule has 0 aliphatic heterocycles. The van der Waals surface area contributed by atoms with Gasteiger partial charge in [-0.25, -0.2) is 0 Å². The Balaban J connectivity index is 1.76. The molecule has 0 heterocycles. The summed E-state index contributed by atoms with van der Waals surface area (Å²) in [6.45, 7) is 2.19. The molecule has 3 rings (SSSR count). The zero-order valence-corrected chi connectivity index (χ0v) is 12.2. The van der Waals surface area contributed by atoms with E-state index >= 15 is 0 Å². The summed E-state index contributed by atoms with van der Waals surface area (Å²) >= 11 is 0. The van der Waals surface area contributed by atoms with Gasteiger partial charge in [0.15, 0.2) is 0 Å². The Labute approximate surface area is 122 Å². The van der Waals surface area contributed by atoms with Crippen LogP contribution < -0.4 is 0 Å². The van der Waals surface area contributed by atoms with Gasteiger partial charge in [0.2, 0.25) is 0 Å². The van der Waals surface area contributed by atoms with E-state index in [0.29, 0.717) is 0 Å². The minimum atomic E-state index is 1.03. The maximum Gasteiger partial charge on any atom is -0.00231 e. The Morgan fingerprint density at radius 2 is 1.70 bits per heavy atom. The average molecular weight is 262 g/mol. The first-order valence-corrected chi connectivity index (χ1v) is 7.66. The van der Waals surface area contributed by atoms with E-state index in [4.69, 9.17) is 0 Å². The maximum absolute atomic E-state index is 2.42. The minimum Gasteiger partial charge on any atom is -0.0807 e. The van der Waals surface area contributed by atoms with Crippen LogP contribution in [0.25, 0.3) is 5.57 Å². The summed E-state index contributed by atoms with van der Waals surface area (Å²) in [5.41, 5.74) is 7.17. The Morgan fingerprint density at radius 3 is 2.40 bits per heavy atom. The van der Waals surface area contributed by atoms with Crippen molar-refractivity contribution >= 4 is 5.57 Å². The lowest BCUT2D eigenvalue weighted by Gasteiger charge is -2.13. The van der Waals surface area contributed by atoms with Gasteiger partial charge in [0.05, 0.1) is 0 Å². The van der Waals surface area contributed by atoms with Crippen molar-refractivity contribution in [1.29, 1.82) is 0 Å². The number of benzene rings is 2.